The van der Waals surface area contributed by atoms with Gasteiger partial charge < -0.3 is 9.15 Å². The topological polar surface area (TPSA) is 74.3 Å². The fourth-order valence-corrected chi connectivity index (χ4v) is 0.617. The highest BCUT2D eigenvalue weighted by molar-refractivity contribution is 5.68. The number of rotatable bonds is 1. The Labute approximate surface area is 67.7 Å². The molecule has 1 rings (SSSR count). The number of ether oxygens (including phenoxy) is 1. The second-order valence-corrected chi connectivity index (χ2v) is 1.87. The van der Waals surface area contributed by atoms with E-state index >= 15 is 0 Å². The van der Waals surface area contributed by atoms with E-state index in [1.165, 1.54) is 0 Å². The van der Waals surface area contributed by atoms with Gasteiger partial charge >= 0.3 is 11.8 Å². The molecule has 65 valence electrons. The summed E-state index contributed by atoms with van der Waals surface area (Å²) in [6.45, 7) is 5.03. The molecule has 6 heteroatoms. The highest BCUT2D eigenvalue weighted by Gasteiger charge is 2.12. The maximum absolute atomic E-state index is 10.9. The summed E-state index contributed by atoms with van der Waals surface area (Å²) in [5.41, 5.74) is 0. The number of hydrogen-bond acceptors (Lipinski definition) is 5. The molecular weight excluding hydrogens is 164 g/mol. The lowest BCUT2D eigenvalue weighted by atomic mass is 10.8. The van der Waals surface area contributed by atoms with Crippen LogP contribution in [0.5, 0.6) is 0 Å². The molecule has 0 aromatic carbocycles. The number of hydrogen-bond donors (Lipinski definition) is 0. The number of carbonyl (C=O) groups is 1. The summed E-state index contributed by atoms with van der Waals surface area (Å²) < 4.78 is 9.34. The van der Waals surface area contributed by atoms with Crippen LogP contribution in [0.2, 0.25) is 0 Å². The first-order valence-corrected chi connectivity index (χ1v) is 3.24. The summed E-state index contributed by atoms with van der Waals surface area (Å²) in [6.07, 6.45) is -0.860. The van der Waals surface area contributed by atoms with Gasteiger partial charge in [-0.05, 0) is 6.92 Å². The smallest absolute Gasteiger partial charge is 0.447 e. The fraction of sp³-hybridized carbons (Fsp3) is 0.333. The molecule has 1 aromatic heterocycles. The SMILES string of the molecule is [CH2]c1nn(C(=O)OCC)c(=O)o1. The normalized spacial score (nSPS) is 9.83. The quantitative estimate of drug-likeness (QED) is 0.595. The first kappa shape index (κ1) is 8.51. The number of carbonyl (C=O) groups excluding carboxylic acids is 1. The molecule has 6 nitrogen and oxygen atoms in total. The Kier molecular flexibility index (Phi) is 2.27. The summed E-state index contributed by atoms with van der Waals surface area (Å²) >= 11 is 0. The molecule has 12 heavy (non-hydrogen) atoms. The van der Waals surface area contributed by atoms with Gasteiger partial charge in [0.05, 0.1) is 6.61 Å². The summed E-state index contributed by atoms with van der Waals surface area (Å²) in [7, 11) is 0. The van der Waals surface area contributed by atoms with Crippen LogP contribution in [0.3, 0.4) is 0 Å². The second-order valence-electron chi connectivity index (χ2n) is 1.87. The van der Waals surface area contributed by atoms with Crippen molar-refractivity contribution in [3.63, 3.8) is 0 Å². The van der Waals surface area contributed by atoms with Crippen LogP contribution < -0.4 is 5.76 Å². The Morgan fingerprint density at radius 1 is 1.83 bits per heavy atom. The maximum atomic E-state index is 10.9. The molecule has 0 aliphatic heterocycles. The molecule has 1 aromatic rings. The van der Waals surface area contributed by atoms with Crippen LogP contribution in [0.25, 0.3) is 0 Å². The molecule has 0 bridgehead atoms. The maximum Gasteiger partial charge on any atom is 0.447 e. The van der Waals surface area contributed by atoms with Gasteiger partial charge in [-0.25, -0.2) is 9.59 Å². The van der Waals surface area contributed by atoms with Gasteiger partial charge in [0.15, 0.2) is 0 Å². The molecule has 0 spiro atoms. The predicted octanol–water partition coefficient (Wildman–Crippen LogP) is 0.0231. The molecule has 1 radical (unpaired) electrons. The minimum Gasteiger partial charge on any atom is -0.448 e. The molecule has 0 saturated heterocycles. The van der Waals surface area contributed by atoms with Gasteiger partial charge in [0.2, 0.25) is 5.89 Å². The van der Waals surface area contributed by atoms with E-state index in [0.29, 0.717) is 4.68 Å². The molecule has 0 unspecified atom stereocenters. The second kappa shape index (κ2) is 3.21. The van der Waals surface area contributed by atoms with Crippen LogP contribution in [0.1, 0.15) is 12.8 Å². The van der Waals surface area contributed by atoms with Gasteiger partial charge in [0.1, 0.15) is 0 Å². The standard InChI is InChI=1S/C6H7N2O4/c1-3-11-5(9)8-6(10)12-4(2)7-8/h2-3H2,1H3. The van der Waals surface area contributed by atoms with Crippen molar-refractivity contribution in [2.45, 2.75) is 6.92 Å². The van der Waals surface area contributed by atoms with Crippen molar-refractivity contribution in [3.8, 4) is 0 Å². The van der Waals surface area contributed by atoms with Crippen LogP contribution in [-0.2, 0) is 4.74 Å². The minimum atomic E-state index is -0.890. The van der Waals surface area contributed by atoms with E-state index in [1.54, 1.807) is 6.92 Å². The third-order valence-electron chi connectivity index (χ3n) is 1.03. The van der Waals surface area contributed by atoms with E-state index in [2.05, 4.69) is 21.2 Å². The van der Waals surface area contributed by atoms with Gasteiger partial charge in [-0.15, -0.1) is 5.10 Å². The van der Waals surface area contributed by atoms with Crippen molar-refractivity contribution in [2.24, 2.45) is 0 Å². The molecule has 0 fully saturated rings. The first-order chi connectivity index (χ1) is 5.65. The minimum absolute atomic E-state index is 0.118. The Balaban J connectivity index is 2.95. The Morgan fingerprint density at radius 3 is 2.92 bits per heavy atom. The zero-order chi connectivity index (χ0) is 9.14. The van der Waals surface area contributed by atoms with E-state index < -0.39 is 11.8 Å². The molecular formula is C6H7N2O4. The van der Waals surface area contributed by atoms with Crippen LogP contribution >= 0.6 is 0 Å². The lowest BCUT2D eigenvalue weighted by Crippen LogP contribution is -2.25. The highest BCUT2D eigenvalue weighted by Crippen LogP contribution is 1.87. The molecule has 0 N–H and O–H groups in total. The molecule has 0 saturated carbocycles. The summed E-state index contributed by atoms with van der Waals surface area (Å²) in [5.74, 6) is -1.01. The van der Waals surface area contributed by atoms with E-state index in [4.69, 9.17) is 0 Å². The van der Waals surface area contributed by atoms with Gasteiger partial charge in [0.25, 0.3) is 0 Å². The predicted molar refractivity (Wildman–Crippen MR) is 37.6 cm³/mol. The van der Waals surface area contributed by atoms with Crippen molar-refractivity contribution >= 4 is 6.09 Å². The van der Waals surface area contributed by atoms with E-state index in [0.717, 1.165) is 0 Å². The largest absolute Gasteiger partial charge is 0.448 e. The van der Waals surface area contributed by atoms with E-state index in [9.17, 15) is 9.59 Å². The fourth-order valence-electron chi connectivity index (χ4n) is 0.617. The van der Waals surface area contributed by atoms with Crippen molar-refractivity contribution < 1.29 is 13.9 Å². The van der Waals surface area contributed by atoms with Crippen LogP contribution in [0.15, 0.2) is 9.21 Å². The van der Waals surface area contributed by atoms with Crippen molar-refractivity contribution in [1.29, 1.82) is 0 Å². The summed E-state index contributed by atoms with van der Waals surface area (Å²) in [6, 6.07) is 0. The average Bonchev–Trinajstić information content (AvgIpc) is 2.30. The Morgan fingerprint density at radius 2 is 2.50 bits per heavy atom. The highest BCUT2D eigenvalue weighted by atomic mass is 16.6. The molecule has 0 aliphatic rings. The van der Waals surface area contributed by atoms with Gasteiger partial charge in [-0.2, -0.15) is 0 Å². The zero-order valence-corrected chi connectivity index (χ0v) is 6.44. The van der Waals surface area contributed by atoms with Crippen LogP contribution in [0, 0.1) is 6.92 Å². The molecule has 0 atom stereocenters. The molecule has 0 amide bonds. The third kappa shape index (κ3) is 1.52. The average molecular weight is 171 g/mol. The zero-order valence-electron chi connectivity index (χ0n) is 6.44. The Bertz CT molecular complexity index is 338. The first-order valence-electron chi connectivity index (χ1n) is 3.24. The monoisotopic (exact) mass is 171 g/mol. The van der Waals surface area contributed by atoms with Crippen molar-refractivity contribution in [1.82, 2.24) is 9.78 Å². The summed E-state index contributed by atoms with van der Waals surface area (Å²) in [5, 5.41) is 3.38. The molecule has 1 heterocycles. The lowest BCUT2D eigenvalue weighted by molar-refractivity contribution is 0.148. The van der Waals surface area contributed by atoms with Gasteiger partial charge in [0, 0.05) is 6.92 Å². The lowest BCUT2D eigenvalue weighted by Gasteiger charge is -1.95. The van der Waals surface area contributed by atoms with Crippen molar-refractivity contribution in [2.75, 3.05) is 6.61 Å². The van der Waals surface area contributed by atoms with Crippen molar-refractivity contribution in [3.05, 3.63) is 23.4 Å². The molecule has 0 aliphatic carbocycles. The number of nitrogens with zero attached hydrogens (tertiary/aromatic N) is 2. The van der Waals surface area contributed by atoms with E-state index in [1.807, 2.05) is 0 Å². The van der Waals surface area contributed by atoms with E-state index in [-0.39, 0.29) is 12.5 Å². The number of aromatic nitrogens is 2. The third-order valence-corrected chi connectivity index (χ3v) is 1.03. The van der Waals surface area contributed by atoms with Gasteiger partial charge in [-0.3, -0.25) is 0 Å². The Hall–Kier alpha value is -1.59. The summed E-state index contributed by atoms with van der Waals surface area (Å²) in [4.78, 5) is 21.6. The van der Waals surface area contributed by atoms with Gasteiger partial charge in [-0.1, -0.05) is 4.68 Å². The van der Waals surface area contributed by atoms with Crippen LogP contribution in [-0.4, -0.2) is 22.5 Å². The van der Waals surface area contributed by atoms with Crippen LogP contribution in [0.4, 0.5) is 4.79 Å².